The van der Waals surface area contributed by atoms with Crippen LogP contribution in [0.1, 0.15) is 42.3 Å². The van der Waals surface area contributed by atoms with Crippen LogP contribution in [0.15, 0.2) is 48.7 Å². The molecular formula is C24H25NO5. The summed E-state index contributed by atoms with van der Waals surface area (Å²) in [6, 6.07) is 12.6. The summed E-state index contributed by atoms with van der Waals surface area (Å²) in [6.07, 6.45) is 4.92. The smallest absolute Gasteiger partial charge is 0.419 e. The van der Waals surface area contributed by atoms with Gasteiger partial charge in [-0.15, -0.1) is 0 Å². The fraction of sp³-hybridized carbons (Fsp3) is 0.250. The number of benzene rings is 2. The molecule has 0 N–H and O–H groups in total. The summed E-state index contributed by atoms with van der Waals surface area (Å²) in [5.41, 5.74) is 2.05. The van der Waals surface area contributed by atoms with Crippen LogP contribution in [0.4, 0.5) is 4.79 Å². The van der Waals surface area contributed by atoms with E-state index in [0.717, 1.165) is 10.9 Å². The number of aromatic nitrogens is 1. The third-order valence-corrected chi connectivity index (χ3v) is 4.44. The SMILES string of the molecule is COC(=O)c1ccccc1/C=C\c1cn(C(=O)OC(C)(C)C)c2ccc(OC)cc12. The largest absolute Gasteiger partial charge is 0.497 e. The molecule has 3 rings (SSSR count). The van der Waals surface area contributed by atoms with Gasteiger partial charge in [0.15, 0.2) is 0 Å². The van der Waals surface area contributed by atoms with Crippen LogP contribution in [0.2, 0.25) is 0 Å². The number of carbonyl (C=O) groups excluding carboxylic acids is 2. The maximum atomic E-state index is 12.7. The molecule has 0 saturated heterocycles. The molecule has 1 heterocycles. The van der Waals surface area contributed by atoms with E-state index < -0.39 is 17.7 Å². The van der Waals surface area contributed by atoms with E-state index in [2.05, 4.69) is 0 Å². The first-order valence-corrected chi connectivity index (χ1v) is 9.51. The Morgan fingerprint density at radius 1 is 0.967 bits per heavy atom. The lowest BCUT2D eigenvalue weighted by atomic mass is 10.1. The van der Waals surface area contributed by atoms with Crippen molar-refractivity contribution in [1.82, 2.24) is 4.57 Å². The van der Waals surface area contributed by atoms with E-state index in [1.807, 2.05) is 57.2 Å². The summed E-state index contributed by atoms with van der Waals surface area (Å²) in [7, 11) is 2.94. The average molecular weight is 407 g/mol. The minimum Gasteiger partial charge on any atom is -0.497 e. The Kier molecular flexibility index (Phi) is 5.96. The minimum atomic E-state index is -0.615. The zero-order valence-corrected chi connectivity index (χ0v) is 17.8. The molecule has 0 aliphatic carbocycles. The molecule has 2 aromatic carbocycles. The lowest BCUT2D eigenvalue weighted by Crippen LogP contribution is -2.26. The average Bonchev–Trinajstić information content (AvgIpc) is 3.08. The number of methoxy groups -OCH3 is 2. The summed E-state index contributed by atoms with van der Waals surface area (Å²) >= 11 is 0. The monoisotopic (exact) mass is 407 g/mol. The number of hydrogen-bond donors (Lipinski definition) is 0. The lowest BCUT2D eigenvalue weighted by molar-refractivity contribution is 0.0542. The van der Waals surface area contributed by atoms with Gasteiger partial charge >= 0.3 is 12.1 Å². The van der Waals surface area contributed by atoms with Crippen LogP contribution >= 0.6 is 0 Å². The van der Waals surface area contributed by atoms with Crippen molar-refractivity contribution < 1.29 is 23.8 Å². The van der Waals surface area contributed by atoms with E-state index in [1.54, 1.807) is 31.5 Å². The molecule has 0 spiro atoms. The molecule has 0 bridgehead atoms. The first-order chi connectivity index (χ1) is 14.2. The molecule has 3 aromatic rings. The molecule has 0 aliphatic rings. The van der Waals surface area contributed by atoms with Crippen molar-refractivity contribution in [3.63, 3.8) is 0 Å². The molecule has 0 atom stereocenters. The zero-order chi connectivity index (χ0) is 21.9. The highest BCUT2D eigenvalue weighted by atomic mass is 16.6. The molecular weight excluding hydrogens is 382 g/mol. The second kappa shape index (κ2) is 8.45. The minimum absolute atomic E-state index is 0.409. The topological polar surface area (TPSA) is 66.8 Å². The number of ether oxygens (including phenoxy) is 3. The summed E-state index contributed by atoms with van der Waals surface area (Å²) in [6.45, 7) is 5.47. The standard InChI is InChI=1S/C24H25NO5/c1-24(2,3)30-23(27)25-15-17(20-14-18(28-4)12-13-21(20)25)11-10-16-8-6-7-9-19(16)22(26)29-5/h6-15H,1-5H3/b11-10-. The van der Waals surface area contributed by atoms with Gasteiger partial charge in [0.1, 0.15) is 11.4 Å². The normalized spacial score (nSPS) is 11.6. The molecule has 0 amide bonds. The highest BCUT2D eigenvalue weighted by molar-refractivity contribution is 5.99. The Balaban J connectivity index is 2.09. The van der Waals surface area contributed by atoms with Crippen molar-refractivity contribution in [3.05, 3.63) is 65.4 Å². The van der Waals surface area contributed by atoms with Gasteiger partial charge < -0.3 is 14.2 Å². The van der Waals surface area contributed by atoms with Crippen molar-refractivity contribution in [3.8, 4) is 5.75 Å². The second-order valence-corrected chi connectivity index (χ2v) is 7.73. The highest BCUT2D eigenvalue weighted by Gasteiger charge is 2.20. The second-order valence-electron chi connectivity index (χ2n) is 7.73. The fourth-order valence-electron chi connectivity index (χ4n) is 3.07. The summed E-state index contributed by atoms with van der Waals surface area (Å²) in [5, 5.41) is 0.826. The number of rotatable bonds is 4. The van der Waals surface area contributed by atoms with Gasteiger partial charge in [0.25, 0.3) is 0 Å². The summed E-state index contributed by atoms with van der Waals surface area (Å²) in [5.74, 6) is 0.266. The molecule has 0 fully saturated rings. The van der Waals surface area contributed by atoms with Crippen LogP contribution in [-0.2, 0) is 9.47 Å². The van der Waals surface area contributed by atoms with Crippen LogP contribution in [0.25, 0.3) is 23.1 Å². The summed E-state index contributed by atoms with van der Waals surface area (Å²) < 4.78 is 17.2. The van der Waals surface area contributed by atoms with Gasteiger partial charge in [-0.05, 0) is 50.6 Å². The number of hydrogen-bond acceptors (Lipinski definition) is 5. The maximum Gasteiger partial charge on any atom is 0.419 e. The molecule has 0 aliphatic heterocycles. The molecule has 1 aromatic heterocycles. The van der Waals surface area contributed by atoms with Gasteiger partial charge in [-0.3, -0.25) is 4.57 Å². The van der Waals surface area contributed by atoms with E-state index in [4.69, 9.17) is 14.2 Å². The highest BCUT2D eigenvalue weighted by Crippen LogP contribution is 2.28. The number of fused-ring (bicyclic) bond motifs is 1. The lowest BCUT2D eigenvalue weighted by Gasteiger charge is -2.19. The maximum absolute atomic E-state index is 12.7. The Morgan fingerprint density at radius 3 is 2.33 bits per heavy atom. The molecule has 0 saturated carbocycles. The Morgan fingerprint density at radius 2 is 1.67 bits per heavy atom. The molecule has 0 unspecified atom stereocenters. The molecule has 0 radical (unpaired) electrons. The molecule has 6 heteroatoms. The van der Waals surface area contributed by atoms with Gasteiger partial charge in [0.2, 0.25) is 0 Å². The van der Waals surface area contributed by atoms with E-state index >= 15 is 0 Å². The van der Waals surface area contributed by atoms with Gasteiger partial charge in [0, 0.05) is 17.1 Å². The van der Waals surface area contributed by atoms with Gasteiger partial charge in [0.05, 0.1) is 25.3 Å². The van der Waals surface area contributed by atoms with E-state index in [9.17, 15) is 9.59 Å². The summed E-state index contributed by atoms with van der Waals surface area (Å²) in [4.78, 5) is 24.8. The molecule has 6 nitrogen and oxygen atoms in total. The van der Waals surface area contributed by atoms with Crippen molar-refractivity contribution in [1.29, 1.82) is 0 Å². The molecule has 30 heavy (non-hydrogen) atoms. The van der Waals surface area contributed by atoms with Gasteiger partial charge in [-0.25, -0.2) is 9.59 Å². The third kappa shape index (κ3) is 4.54. The van der Waals surface area contributed by atoms with Crippen LogP contribution in [0.3, 0.4) is 0 Å². The zero-order valence-electron chi connectivity index (χ0n) is 17.8. The van der Waals surface area contributed by atoms with Crippen molar-refractivity contribution in [2.45, 2.75) is 26.4 Å². The van der Waals surface area contributed by atoms with E-state index in [0.29, 0.717) is 22.4 Å². The van der Waals surface area contributed by atoms with Crippen molar-refractivity contribution in [2.24, 2.45) is 0 Å². The van der Waals surface area contributed by atoms with E-state index in [-0.39, 0.29) is 0 Å². The Bertz CT molecular complexity index is 1120. The molecule has 156 valence electrons. The van der Waals surface area contributed by atoms with Crippen molar-refractivity contribution in [2.75, 3.05) is 14.2 Å². The predicted molar refractivity (Wildman–Crippen MR) is 117 cm³/mol. The Hall–Kier alpha value is -3.54. The van der Waals surface area contributed by atoms with Crippen LogP contribution in [0.5, 0.6) is 5.75 Å². The predicted octanol–water partition coefficient (Wildman–Crippen LogP) is 5.39. The number of nitrogens with zero attached hydrogens (tertiary/aromatic N) is 1. The van der Waals surface area contributed by atoms with Crippen LogP contribution < -0.4 is 4.74 Å². The number of carbonyl (C=O) groups is 2. The fourth-order valence-corrected chi connectivity index (χ4v) is 3.07. The number of esters is 1. The third-order valence-electron chi connectivity index (χ3n) is 4.44. The quantitative estimate of drug-likeness (QED) is 0.543. The Labute approximate surface area is 175 Å². The van der Waals surface area contributed by atoms with Crippen LogP contribution in [0, 0.1) is 0 Å². The van der Waals surface area contributed by atoms with Crippen LogP contribution in [-0.4, -0.2) is 36.5 Å². The first-order valence-electron chi connectivity index (χ1n) is 9.51. The van der Waals surface area contributed by atoms with Gasteiger partial charge in [-0.1, -0.05) is 30.4 Å². The van der Waals surface area contributed by atoms with E-state index in [1.165, 1.54) is 11.7 Å². The van der Waals surface area contributed by atoms with Crippen molar-refractivity contribution >= 4 is 35.1 Å². The first kappa shape index (κ1) is 21.2. The van der Waals surface area contributed by atoms with Gasteiger partial charge in [-0.2, -0.15) is 0 Å².